The third kappa shape index (κ3) is 4.63. The fourth-order valence-electron chi connectivity index (χ4n) is 4.07. The molecule has 3 heterocycles. The van der Waals surface area contributed by atoms with Crippen LogP contribution in [0.3, 0.4) is 0 Å². The Morgan fingerprint density at radius 3 is 2.94 bits per heavy atom. The van der Waals surface area contributed by atoms with Gasteiger partial charge in [0.15, 0.2) is 5.16 Å². The van der Waals surface area contributed by atoms with Gasteiger partial charge in [-0.05, 0) is 50.3 Å². The molecule has 0 fully saturated rings. The first-order valence-electron chi connectivity index (χ1n) is 11.1. The third-order valence-corrected chi connectivity index (χ3v) is 8.00. The maximum Gasteiger partial charge on any atom is 0.262 e. The van der Waals surface area contributed by atoms with E-state index in [0.29, 0.717) is 30.1 Å². The zero-order valence-electron chi connectivity index (χ0n) is 18.8. The molecule has 1 aliphatic heterocycles. The average Bonchev–Trinajstić information content (AvgIpc) is 3.23. The number of rotatable bonds is 8. The fraction of sp³-hybridized carbons (Fsp3) is 0.458. The van der Waals surface area contributed by atoms with Crippen molar-refractivity contribution < 1.29 is 9.53 Å². The van der Waals surface area contributed by atoms with Crippen molar-refractivity contribution in [2.75, 3.05) is 25.2 Å². The summed E-state index contributed by atoms with van der Waals surface area (Å²) >= 11 is 2.94. The van der Waals surface area contributed by atoms with E-state index >= 15 is 0 Å². The number of carbonyl (C=O) groups is 1. The van der Waals surface area contributed by atoms with E-state index in [0.717, 1.165) is 41.2 Å². The first-order chi connectivity index (χ1) is 15.5. The highest BCUT2D eigenvalue weighted by atomic mass is 32.2. The van der Waals surface area contributed by atoms with Crippen LogP contribution >= 0.6 is 23.1 Å². The topological polar surface area (TPSA) is 64.4 Å². The molecule has 0 saturated heterocycles. The molecule has 8 heteroatoms. The summed E-state index contributed by atoms with van der Waals surface area (Å²) in [6.45, 7) is 5.79. The number of thiophene rings is 1. The molecule has 0 N–H and O–H groups in total. The predicted octanol–water partition coefficient (Wildman–Crippen LogP) is 4.52. The fourth-order valence-corrected chi connectivity index (χ4v) is 6.07. The number of ether oxygens (including phenoxy) is 1. The second-order valence-electron chi connectivity index (χ2n) is 7.96. The van der Waals surface area contributed by atoms with Crippen LogP contribution in [0.5, 0.6) is 0 Å². The smallest absolute Gasteiger partial charge is 0.262 e. The van der Waals surface area contributed by atoms with Crippen molar-refractivity contribution in [2.45, 2.75) is 56.5 Å². The van der Waals surface area contributed by atoms with Crippen LogP contribution in [0.4, 0.5) is 5.69 Å². The molecule has 0 bridgehead atoms. The lowest BCUT2D eigenvalue weighted by molar-refractivity contribution is -0.117. The molecule has 1 aromatic carbocycles. The van der Waals surface area contributed by atoms with Crippen molar-refractivity contribution in [1.29, 1.82) is 0 Å². The van der Waals surface area contributed by atoms with E-state index in [1.807, 2.05) is 36.1 Å². The Labute approximate surface area is 196 Å². The minimum absolute atomic E-state index is 0.0347. The molecule has 1 aliphatic rings. The molecular formula is C24H29N3O3S2. The van der Waals surface area contributed by atoms with Gasteiger partial charge in [-0.15, -0.1) is 11.3 Å². The Morgan fingerprint density at radius 2 is 2.16 bits per heavy atom. The Balaban J connectivity index is 1.64. The Bertz CT molecular complexity index is 1170. The van der Waals surface area contributed by atoms with Gasteiger partial charge in [0.25, 0.3) is 5.56 Å². The summed E-state index contributed by atoms with van der Waals surface area (Å²) in [6, 6.07) is 10.1. The van der Waals surface area contributed by atoms with E-state index < -0.39 is 0 Å². The SMILES string of the molecule is CCc1cc2c(=O)n(CCCOC)c(S[C@@H](C)C(=O)N3CCCc4ccccc43)nc2s1. The van der Waals surface area contributed by atoms with Gasteiger partial charge in [0.1, 0.15) is 4.83 Å². The number of fused-ring (bicyclic) bond motifs is 2. The highest BCUT2D eigenvalue weighted by Gasteiger charge is 2.28. The number of carbonyl (C=O) groups excluding carboxylic acids is 1. The summed E-state index contributed by atoms with van der Waals surface area (Å²) in [4.78, 5) is 35.3. The van der Waals surface area contributed by atoms with Gasteiger partial charge < -0.3 is 9.64 Å². The Kier molecular flexibility index (Phi) is 7.33. The van der Waals surface area contributed by atoms with Crippen molar-refractivity contribution >= 4 is 44.9 Å². The molecule has 0 unspecified atom stereocenters. The van der Waals surface area contributed by atoms with Crippen molar-refractivity contribution in [3.8, 4) is 0 Å². The molecule has 3 aromatic rings. The quantitative estimate of drug-likeness (QED) is 0.275. The van der Waals surface area contributed by atoms with Crippen molar-refractivity contribution in [2.24, 2.45) is 0 Å². The first kappa shape index (κ1) is 23.0. The molecule has 1 amide bonds. The van der Waals surface area contributed by atoms with E-state index in [4.69, 9.17) is 9.72 Å². The number of methoxy groups -OCH3 is 1. The van der Waals surface area contributed by atoms with Gasteiger partial charge in [-0.25, -0.2) is 4.98 Å². The van der Waals surface area contributed by atoms with Crippen LogP contribution in [0.2, 0.25) is 0 Å². The average molecular weight is 472 g/mol. The van der Waals surface area contributed by atoms with Crippen LogP contribution in [-0.2, 0) is 28.9 Å². The van der Waals surface area contributed by atoms with E-state index in [1.165, 1.54) is 17.3 Å². The zero-order valence-corrected chi connectivity index (χ0v) is 20.4. The Morgan fingerprint density at radius 1 is 1.34 bits per heavy atom. The first-order valence-corrected chi connectivity index (χ1v) is 12.8. The Hall–Kier alpha value is -2.16. The van der Waals surface area contributed by atoms with Crippen LogP contribution in [0, 0.1) is 0 Å². The van der Waals surface area contributed by atoms with Crippen LogP contribution in [0.15, 0.2) is 40.3 Å². The number of benzene rings is 1. The summed E-state index contributed by atoms with van der Waals surface area (Å²) < 4.78 is 6.90. The summed E-state index contributed by atoms with van der Waals surface area (Å²) in [5.41, 5.74) is 2.18. The molecular weight excluding hydrogens is 442 g/mol. The molecule has 0 radical (unpaired) electrons. The summed E-state index contributed by atoms with van der Waals surface area (Å²) in [5, 5.41) is 0.914. The van der Waals surface area contributed by atoms with Gasteiger partial charge in [-0.1, -0.05) is 36.9 Å². The number of amides is 1. The molecule has 2 aromatic heterocycles. The van der Waals surface area contributed by atoms with Gasteiger partial charge >= 0.3 is 0 Å². The molecule has 32 heavy (non-hydrogen) atoms. The third-order valence-electron chi connectivity index (χ3n) is 5.75. The number of hydrogen-bond donors (Lipinski definition) is 0. The highest BCUT2D eigenvalue weighted by molar-refractivity contribution is 8.00. The van der Waals surface area contributed by atoms with Crippen molar-refractivity contribution in [3.05, 3.63) is 51.1 Å². The maximum atomic E-state index is 13.4. The molecule has 4 rings (SSSR count). The minimum Gasteiger partial charge on any atom is -0.385 e. The second-order valence-corrected chi connectivity index (χ2v) is 10.4. The molecule has 0 spiro atoms. The lowest BCUT2D eigenvalue weighted by atomic mass is 10.0. The van der Waals surface area contributed by atoms with Gasteiger partial charge in [0.05, 0.1) is 10.6 Å². The van der Waals surface area contributed by atoms with Crippen LogP contribution in [0.25, 0.3) is 10.2 Å². The molecule has 6 nitrogen and oxygen atoms in total. The normalized spacial score (nSPS) is 14.5. The summed E-state index contributed by atoms with van der Waals surface area (Å²) in [6.07, 6.45) is 3.54. The standard InChI is InChI=1S/C24H29N3O3S2/c1-4-18-15-19-21(32-18)25-24(27(23(19)29)13-8-14-30-3)31-16(2)22(28)26-12-7-10-17-9-5-6-11-20(17)26/h5-6,9,11,15-16H,4,7-8,10,12-14H2,1-3H3/t16-/m0/s1. The number of para-hydroxylation sites is 1. The number of nitrogens with zero attached hydrogens (tertiary/aromatic N) is 3. The van der Waals surface area contributed by atoms with E-state index in [-0.39, 0.29) is 16.7 Å². The highest BCUT2D eigenvalue weighted by Crippen LogP contribution is 2.31. The second kappa shape index (κ2) is 10.2. The number of aromatic nitrogens is 2. The van der Waals surface area contributed by atoms with E-state index in [2.05, 4.69) is 13.0 Å². The van der Waals surface area contributed by atoms with Gasteiger partial charge in [0.2, 0.25) is 5.91 Å². The van der Waals surface area contributed by atoms with Crippen LogP contribution in [0.1, 0.15) is 37.1 Å². The zero-order chi connectivity index (χ0) is 22.7. The molecule has 0 aliphatic carbocycles. The molecule has 1 atom stereocenters. The lowest BCUT2D eigenvalue weighted by Gasteiger charge is -2.31. The number of anilines is 1. The number of hydrogen-bond acceptors (Lipinski definition) is 6. The van der Waals surface area contributed by atoms with E-state index in [9.17, 15) is 9.59 Å². The summed E-state index contributed by atoms with van der Waals surface area (Å²) in [5.74, 6) is 0.0559. The van der Waals surface area contributed by atoms with E-state index in [1.54, 1.807) is 23.0 Å². The largest absolute Gasteiger partial charge is 0.385 e. The molecule has 0 saturated carbocycles. The van der Waals surface area contributed by atoms with Crippen molar-refractivity contribution in [1.82, 2.24) is 9.55 Å². The van der Waals surface area contributed by atoms with Crippen LogP contribution < -0.4 is 10.5 Å². The lowest BCUT2D eigenvalue weighted by Crippen LogP contribution is -2.40. The van der Waals surface area contributed by atoms with Crippen molar-refractivity contribution in [3.63, 3.8) is 0 Å². The molecule has 170 valence electrons. The number of thioether (sulfide) groups is 1. The summed E-state index contributed by atoms with van der Waals surface area (Å²) in [7, 11) is 1.66. The van der Waals surface area contributed by atoms with Gasteiger partial charge in [-0.3, -0.25) is 14.2 Å². The number of aryl methyl sites for hydroxylation is 2. The minimum atomic E-state index is -0.357. The van der Waals surface area contributed by atoms with Gasteiger partial charge in [-0.2, -0.15) is 0 Å². The van der Waals surface area contributed by atoms with Crippen LogP contribution in [-0.4, -0.2) is 41.0 Å². The van der Waals surface area contributed by atoms with Gasteiger partial charge in [0, 0.05) is 37.4 Å². The monoisotopic (exact) mass is 471 g/mol. The predicted molar refractivity (Wildman–Crippen MR) is 132 cm³/mol. The maximum absolute atomic E-state index is 13.4.